The fourth-order valence-corrected chi connectivity index (χ4v) is 5.73. The summed E-state index contributed by atoms with van der Waals surface area (Å²) < 4.78 is 0. The fourth-order valence-electron chi connectivity index (χ4n) is 5.73. The maximum atomic E-state index is 10.7. The average molecular weight is 222 g/mol. The molecule has 4 aliphatic rings. The molecule has 92 valence electrons. The maximum absolute atomic E-state index is 10.7. The molecular weight excluding hydrogens is 196 g/mol. The van der Waals surface area contributed by atoms with Crippen molar-refractivity contribution in [3.05, 3.63) is 0 Å². The van der Waals surface area contributed by atoms with Gasteiger partial charge in [-0.2, -0.15) is 0 Å². The maximum Gasteiger partial charge on any atom is 0.0658 e. The Morgan fingerprint density at radius 3 is 2.06 bits per heavy atom. The van der Waals surface area contributed by atoms with Crippen LogP contribution in [0.2, 0.25) is 0 Å². The van der Waals surface area contributed by atoms with Crippen LogP contribution in [0.3, 0.4) is 0 Å². The van der Waals surface area contributed by atoms with Crippen molar-refractivity contribution in [3.63, 3.8) is 0 Å². The molecule has 0 spiro atoms. The van der Waals surface area contributed by atoms with Crippen molar-refractivity contribution in [1.29, 1.82) is 0 Å². The van der Waals surface area contributed by atoms with Gasteiger partial charge in [-0.15, -0.1) is 0 Å². The van der Waals surface area contributed by atoms with E-state index in [4.69, 9.17) is 0 Å². The first kappa shape index (κ1) is 11.1. The van der Waals surface area contributed by atoms with Crippen LogP contribution in [-0.2, 0) is 0 Å². The Balaban J connectivity index is 1.86. The van der Waals surface area contributed by atoms with Crippen molar-refractivity contribution >= 4 is 0 Å². The molecule has 0 aromatic heterocycles. The Morgan fingerprint density at radius 2 is 1.62 bits per heavy atom. The molecule has 0 heterocycles. The first-order valence-corrected chi connectivity index (χ1v) is 7.00. The van der Waals surface area contributed by atoms with E-state index >= 15 is 0 Å². The predicted molar refractivity (Wildman–Crippen MR) is 66.1 cm³/mol. The van der Waals surface area contributed by atoms with Crippen molar-refractivity contribution in [1.82, 2.24) is 0 Å². The summed E-state index contributed by atoms with van der Waals surface area (Å²) >= 11 is 0. The lowest BCUT2D eigenvalue weighted by Crippen LogP contribution is -2.56. The highest BCUT2D eigenvalue weighted by atomic mass is 16.3. The van der Waals surface area contributed by atoms with E-state index in [9.17, 15) is 5.11 Å². The van der Waals surface area contributed by atoms with Crippen LogP contribution in [-0.4, -0.2) is 10.7 Å². The molecule has 4 aliphatic carbocycles. The van der Waals surface area contributed by atoms with Gasteiger partial charge in [0.25, 0.3) is 0 Å². The molecular formula is C15H26O. The number of rotatable bonds is 1. The third-order valence-corrected chi connectivity index (χ3v) is 5.06. The smallest absolute Gasteiger partial charge is 0.0658 e. The molecule has 4 rings (SSSR count). The Labute approximate surface area is 99.6 Å². The molecule has 2 atom stereocenters. The van der Waals surface area contributed by atoms with Crippen LogP contribution >= 0.6 is 0 Å². The van der Waals surface area contributed by atoms with Gasteiger partial charge in [0.05, 0.1) is 5.60 Å². The molecule has 4 saturated carbocycles. The minimum absolute atomic E-state index is 0.269. The topological polar surface area (TPSA) is 20.2 Å². The summed E-state index contributed by atoms with van der Waals surface area (Å²) in [5.41, 5.74) is 0.647. The summed E-state index contributed by atoms with van der Waals surface area (Å²) in [6.45, 7) is 7.07. The lowest BCUT2D eigenvalue weighted by molar-refractivity contribution is -0.172. The fraction of sp³-hybridized carbons (Fsp3) is 1.00. The van der Waals surface area contributed by atoms with Gasteiger partial charge in [0, 0.05) is 0 Å². The zero-order valence-electron chi connectivity index (χ0n) is 11.1. The van der Waals surface area contributed by atoms with Crippen molar-refractivity contribution in [3.8, 4) is 0 Å². The Hall–Kier alpha value is -0.0400. The van der Waals surface area contributed by atoms with Crippen LogP contribution in [0.25, 0.3) is 0 Å². The van der Waals surface area contributed by atoms with E-state index in [2.05, 4.69) is 20.8 Å². The highest BCUT2D eigenvalue weighted by Gasteiger charge is 2.57. The first-order chi connectivity index (χ1) is 7.28. The van der Waals surface area contributed by atoms with Gasteiger partial charge in [-0.25, -0.2) is 0 Å². The van der Waals surface area contributed by atoms with Gasteiger partial charge in [0.1, 0.15) is 0 Å². The predicted octanol–water partition coefficient (Wildman–Crippen LogP) is 3.75. The lowest BCUT2D eigenvalue weighted by Gasteiger charge is -2.61. The third-order valence-electron chi connectivity index (χ3n) is 5.06. The van der Waals surface area contributed by atoms with Crippen LogP contribution in [0.5, 0.6) is 0 Å². The third kappa shape index (κ3) is 1.81. The van der Waals surface area contributed by atoms with Gasteiger partial charge in [-0.1, -0.05) is 20.8 Å². The molecule has 1 heteroatoms. The Morgan fingerprint density at radius 1 is 1.06 bits per heavy atom. The second kappa shape index (κ2) is 3.04. The van der Waals surface area contributed by atoms with E-state index in [1.54, 1.807) is 0 Å². The van der Waals surface area contributed by atoms with E-state index in [1.807, 2.05) is 0 Å². The highest BCUT2D eigenvalue weighted by Crippen LogP contribution is 2.64. The van der Waals surface area contributed by atoms with Crippen LogP contribution in [0.1, 0.15) is 65.7 Å². The van der Waals surface area contributed by atoms with Crippen LogP contribution in [0.15, 0.2) is 0 Å². The van der Waals surface area contributed by atoms with E-state index in [-0.39, 0.29) is 5.60 Å². The van der Waals surface area contributed by atoms with E-state index in [0.29, 0.717) is 10.8 Å². The monoisotopic (exact) mass is 222 g/mol. The quantitative estimate of drug-likeness (QED) is 0.716. The van der Waals surface area contributed by atoms with Crippen molar-refractivity contribution in [2.45, 2.75) is 71.3 Å². The SMILES string of the molecule is CC(C)(C)CC12CC3CC(CC(O)(C3)C1)C2. The Bertz CT molecular complexity index is 281. The summed E-state index contributed by atoms with van der Waals surface area (Å²) in [5.74, 6) is 1.68. The standard InChI is InChI=1S/C15H26O/c1-13(2,3)9-14-5-11-4-12(6-14)8-15(16,7-11)10-14/h11-12,16H,4-10H2,1-3H3. The van der Waals surface area contributed by atoms with Gasteiger partial charge in [-0.05, 0) is 67.6 Å². The van der Waals surface area contributed by atoms with E-state index < -0.39 is 0 Å². The number of aliphatic hydroxyl groups is 1. The molecule has 0 aromatic carbocycles. The summed E-state index contributed by atoms with van der Waals surface area (Å²) in [6.07, 6.45) is 8.85. The molecule has 16 heavy (non-hydrogen) atoms. The molecule has 4 fully saturated rings. The van der Waals surface area contributed by atoms with Gasteiger partial charge in [0.15, 0.2) is 0 Å². The normalized spacial score (nSPS) is 51.0. The zero-order chi connectivity index (χ0) is 11.6. The molecule has 1 N–H and O–H groups in total. The average Bonchev–Trinajstić information content (AvgIpc) is 1.91. The molecule has 0 amide bonds. The number of hydrogen-bond donors (Lipinski definition) is 1. The molecule has 4 bridgehead atoms. The first-order valence-electron chi connectivity index (χ1n) is 7.00. The lowest BCUT2D eigenvalue weighted by atomic mass is 9.46. The second-order valence-corrected chi connectivity index (χ2v) is 8.42. The molecule has 0 aliphatic heterocycles. The van der Waals surface area contributed by atoms with Crippen molar-refractivity contribution in [2.75, 3.05) is 0 Å². The second-order valence-electron chi connectivity index (χ2n) is 8.42. The molecule has 0 aromatic rings. The molecule has 1 nitrogen and oxygen atoms in total. The minimum Gasteiger partial charge on any atom is -0.390 e. The van der Waals surface area contributed by atoms with Crippen molar-refractivity contribution < 1.29 is 5.11 Å². The van der Waals surface area contributed by atoms with Gasteiger partial charge in [0.2, 0.25) is 0 Å². The van der Waals surface area contributed by atoms with Crippen LogP contribution < -0.4 is 0 Å². The number of hydrogen-bond acceptors (Lipinski definition) is 1. The minimum atomic E-state index is -0.269. The van der Waals surface area contributed by atoms with E-state index in [0.717, 1.165) is 31.1 Å². The van der Waals surface area contributed by atoms with Crippen LogP contribution in [0, 0.1) is 22.7 Å². The largest absolute Gasteiger partial charge is 0.390 e. The summed E-state index contributed by atoms with van der Waals surface area (Å²) in [5, 5.41) is 10.7. The van der Waals surface area contributed by atoms with Gasteiger partial charge >= 0.3 is 0 Å². The summed E-state index contributed by atoms with van der Waals surface area (Å²) in [6, 6.07) is 0. The molecule has 0 saturated heterocycles. The summed E-state index contributed by atoms with van der Waals surface area (Å²) in [4.78, 5) is 0. The van der Waals surface area contributed by atoms with Gasteiger partial charge < -0.3 is 5.11 Å². The van der Waals surface area contributed by atoms with Crippen molar-refractivity contribution in [2.24, 2.45) is 22.7 Å². The molecule has 2 unspecified atom stereocenters. The summed E-state index contributed by atoms with van der Waals surface area (Å²) in [7, 11) is 0. The van der Waals surface area contributed by atoms with Gasteiger partial charge in [-0.3, -0.25) is 0 Å². The Kier molecular flexibility index (Phi) is 2.11. The highest BCUT2D eigenvalue weighted by molar-refractivity contribution is 5.08. The van der Waals surface area contributed by atoms with Crippen LogP contribution in [0.4, 0.5) is 0 Å². The zero-order valence-corrected chi connectivity index (χ0v) is 11.1. The molecule has 0 radical (unpaired) electrons. The van der Waals surface area contributed by atoms with E-state index in [1.165, 1.54) is 25.7 Å².